The van der Waals surface area contributed by atoms with Crippen LogP contribution in [0.1, 0.15) is 44.2 Å². The monoisotopic (exact) mass is 281 g/mol. The maximum absolute atomic E-state index is 11.8. The van der Waals surface area contributed by atoms with Crippen LogP contribution < -0.4 is 5.32 Å². The molecule has 0 saturated heterocycles. The minimum atomic E-state index is 0.0588. The molecule has 5 nitrogen and oxygen atoms in total. The molecule has 0 spiro atoms. The van der Waals surface area contributed by atoms with Crippen molar-refractivity contribution >= 4 is 5.91 Å². The highest BCUT2D eigenvalue weighted by atomic mass is 16.5. The predicted octanol–water partition coefficient (Wildman–Crippen LogP) is 2.28. The molecule has 0 aliphatic rings. The molecule has 0 bridgehead atoms. The Hall–Kier alpha value is -1.36. The number of hydrogen-bond donors (Lipinski definition) is 1. The van der Waals surface area contributed by atoms with Gasteiger partial charge in [0.2, 0.25) is 5.91 Å². The molecule has 0 fully saturated rings. The van der Waals surface area contributed by atoms with Gasteiger partial charge in [-0.25, -0.2) is 0 Å². The molecule has 1 heterocycles. The third-order valence-corrected chi connectivity index (χ3v) is 3.22. The van der Waals surface area contributed by atoms with E-state index >= 15 is 0 Å². The number of aryl methyl sites for hydroxylation is 2. The molecule has 1 N–H and O–H groups in total. The van der Waals surface area contributed by atoms with Gasteiger partial charge in [0.15, 0.2) is 0 Å². The van der Waals surface area contributed by atoms with Gasteiger partial charge in [0, 0.05) is 18.7 Å². The highest BCUT2D eigenvalue weighted by Crippen LogP contribution is 2.17. The molecule has 0 atom stereocenters. The van der Waals surface area contributed by atoms with Crippen molar-refractivity contribution < 1.29 is 9.32 Å². The van der Waals surface area contributed by atoms with Crippen LogP contribution in [0.5, 0.6) is 0 Å². The summed E-state index contributed by atoms with van der Waals surface area (Å²) in [5.74, 6) is 0.881. The van der Waals surface area contributed by atoms with Crippen LogP contribution in [-0.2, 0) is 11.3 Å². The fraction of sp³-hybridized carbons (Fsp3) is 0.733. The number of nitrogens with one attached hydrogen (secondary N) is 1. The van der Waals surface area contributed by atoms with E-state index < -0.39 is 0 Å². The summed E-state index contributed by atoms with van der Waals surface area (Å²) in [6.07, 6.45) is 0.978. The topological polar surface area (TPSA) is 58.4 Å². The molecule has 1 aromatic heterocycles. The van der Waals surface area contributed by atoms with E-state index in [-0.39, 0.29) is 11.3 Å². The predicted molar refractivity (Wildman–Crippen MR) is 79.4 cm³/mol. The SMILES string of the molecule is Cc1noc(C)c1CN(C)CC(=O)NCCC(C)(C)C. The minimum absolute atomic E-state index is 0.0588. The van der Waals surface area contributed by atoms with Crippen LogP contribution in [-0.4, -0.2) is 36.1 Å². The maximum Gasteiger partial charge on any atom is 0.234 e. The molecule has 0 aliphatic heterocycles. The lowest BCUT2D eigenvalue weighted by molar-refractivity contribution is -0.122. The lowest BCUT2D eigenvalue weighted by atomic mass is 9.92. The van der Waals surface area contributed by atoms with Crippen LogP contribution in [0.4, 0.5) is 0 Å². The van der Waals surface area contributed by atoms with Crippen LogP contribution in [0.15, 0.2) is 4.52 Å². The molecule has 0 radical (unpaired) electrons. The maximum atomic E-state index is 11.8. The molecular weight excluding hydrogens is 254 g/mol. The van der Waals surface area contributed by atoms with E-state index in [0.29, 0.717) is 13.1 Å². The lowest BCUT2D eigenvalue weighted by Gasteiger charge is -2.19. The first-order valence-electron chi connectivity index (χ1n) is 7.06. The highest BCUT2D eigenvalue weighted by Gasteiger charge is 2.14. The molecule has 0 saturated carbocycles. The van der Waals surface area contributed by atoms with E-state index in [0.717, 1.165) is 30.0 Å². The molecule has 114 valence electrons. The Morgan fingerprint density at radius 2 is 2.00 bits per heavy atom. The Bertz CT molecular complexity index is 427. The number of amides is 1. The summed E-state index contributed by atoms with van der Waals surface area (Å²) in [4.78, 5) is 13.8. The molecule has 1 amide bonds. The van der Waals surface area contributed by atoms with Gasteiger partial charge in [-0.2, -0.15) is 0 Å². The fourth-order valence-electron chi connectivity index (χ4n) is 1.93. The molecule has 0 aromatic carbocycles. The van der Waals surface area contributed by atoms with Gasteiger partial charge in [0.1, 0.15) is 5.76 Å². The van der Waals surface area contributed by atoms with E-state index in [4.69, 9.17) is 4.52 Å². The van der Waals surface area contributed by atoms with Gasteiger partial charge in [-0.3, -0.25) is 9.69 Å². The van der Waals surface area contributed by atoms with Gasteiger partial charge < -0.3 is 9.84 Å². The Kier molecular flexibility index (Phi) is 5.74. The van der Waals surface area contributed by atoms with Crippen LogP contribution in [0, 0.1) is 19.3 Å². The quantitative estimate of drug-likeness (QED) is 0.869. The van der Waals surface area contributed by atoms with Crippen LogP contribution in [0.3, 0.4) is 0 Å². The number of aromatic nitrogens is 1. The number of likely N-dealkylation sites (N-methyl/N-ethyl adjacent to an activating group) is 1. The van der Waals surface area contributed by atoms with Crippen LogP contribution >= 0.6 is 0 Å². The van der Waals surface area contributed by atoms with E-state index in [1.165, 1.54) is 0 Å². The van der Waals surface area contributed by atoms with Crippen molar-refractivity contribution in [3.05, 3.63) is 17.0 Å². The number of nitrogens with zero attached hydrogens (tertiary/aromatic N) is 2. The molecule has 1 aromatic rings. The zero-order chi connectivity index (χ0) is 15.3. The van der Waals surface area contributed by atoms with Crippen LogP contribution in [0.25, 0.3) is 0 Å². The Morgan fingerprint density at radius 3 is 2.50 bits per heavy atom. The highest BCUT2D eigenvalue weighted by molar-refractivity contribution is 5.77. The summed E-state index contributed by atoms with van der Waals surface area (Å²) < 4.78 is 5.13. The smallest absolute Gasteiger partial charge is 0.234 e. The molecule has 1 rings (SSSR count). The second-order valence-corrected chi connectivity index (χ2v) is 6.64. The molecule has 0 unspecified atom stereocenters. The average Bonchev–Trinajstić information content (AvgIpc) is 2.58. The first kappa shape index (κ1) is 16.7. The standard InChI is InChI=1S/C15H27N3O2/c1-11-13(12(2)20-17-11)9-18(6)10-14(19)16-8-7-15(3,4)5/h7-10H2,1-6H3,(H,16,19). The number of hydrogen-bond acceptors (Lipinski definition) is 4. The van der Waals surface area contributed by atoms with E-state index in [2.05, 4.69) is 31.2 Å². The van der Waals surface area contributed by atoms with Gasteiger partial charge in [-0.05, 0) is 32.7 Å². The first-order chi connectivity index (χ1) is 9.19. The van der Waals surface area contributed by atoms with Crippen molar-refractivity contribution in [2.45, 2.75) is 47.6 Å². The molecule has 0 aliphatic carbocycles. The Balaban J connectivity index is 2.35. The van der Waals surface area contributed by atoms with Crippen molar-refractivity contribution in [1.29, 1.82) is 0 Å². The summed E-state index contributed by atoms with van der Waals surface area (Å²) in [6, 6.07) is 0. The second kappa shape index (κ2) is 6.88. The van der Waals surface area contributed by atoms with E-state index in [1.54, 1.807) is 0 Å². The zero-order valence-corrected chi connectivity index (χ0v) is 13.5. The summed E-state index contributed by atoms with van der Waals surface area (Å²) >= 11 is 0. The van der Waals surface area contributed by atoms with Crippen molar-refractivity contribution in [2.75, 3.05) is 20.1 Å². The Morgan fingerprint density at radius 1 is 1.35 bits per heavy atom. The van der Waals surface area contributed by atoms with Crippen molar-refractivity contribution in [2.24, 2.45) is 5.41 Å². The third kappa shape index (κ3) is 5.74. The summed E-state index contributed by atoms with van der Waals surface area (Å²) in [6.45, 7) is 12.1. The third-order valence-electron chi connectivity index (χ3n) is 3.22. The summed E-state index contributed by atoms with van der Waals surface area (Å²) in [5.41, 5.74) is 2.20. The number of carbonyl (C=O) groups is 1. The second-order valence-electron chi connectivity index (χ2n) is 6.64. The van der Waals surface area contributed by atoms with Crippen molar-refractivity contribution in [3.63, 3.8) is 0 Å². The van der Waals surface area contributed by atoms with Crippen molar-refractivity contribution in [1.82, 2.24) is 15.4 Å². The van der Waals surface area contributed by atoms with Gasteiger partial charge >= 0.3 is 0 Å². The van der Waals surface area contributed by atoms with Gasteiger partial charge in [-0.15, -0.1) is 0 Å². The largest absolute Gasteiger partial charge is 0.361 e. The number of carbonyl (C=O) groups excluding carboxylic acids is 1. The molecular formula is C15H27N3O2. The van der Waals surface area contributed by atoms with Crippen molar-refractivity contribution in [3.8, 4) is 0 Å². The Labute approximate surface area is 121 Å². The summed E-state index contributed by atoms with van der Waals surface area (Å²) in [5, 5.41) is 6.88. The van der Waals surface area contributed by atoms with Gasteiger partial charge in [0.05, 0.1) is 12.2 Å². The fourth-order valence-corrected chi connectivity index (χ4v) is 1.93. The minimum Gasteiger partial charge on any atom is -0.361 e. The molecule has 20 heavy (non-hydrogen) atoms. The van der Waals surface area contributed by atoms with Crippen LogP contribution in [0.2, 0.25) is 0 Å². The summed E-state index contributed by atoms with van der Waals surface area (Å²) in [7, 11) is 1.93. The normalized spacial score (nSPS) is 11.9. The van der Waals surface area contributed by atoms with Gasteiger partial charge in [-0.1, -0.05) is 25.9 Å². The average molecular weight is 281 g/mol. The molecule has 5 heteroatoms. The number of rotatable bonds is 6. The zero-order valence-electron chi connectivity index (χ0n) is 13.5. The van der Waals surface area contributed by atoms with Gasteiger partial charge in [0.25, 0.3) is 0 Å². The first-order valence-corrected chi connectivity index (χ1v) is 7.06. The van der Waals surface area contributed by atoms with E-state index in [9.17, 15) is 4.79 Å². The van der Waals surface area contributed by atoms with E-state index in [1.807, 2.05) is 25.8 Å². The lowest BCUT2D eigenvalue weighted by Crippen LogP contribution is -2.36.